The third-order valence-corrected chi connectivity index (χ3v) is 3.07. The Labute approximate surface area is 123 Å². The largest absolute Gasteiger partial charge is 0.464 e. The normalized spacial score (nSPS) is 12.0. The third kappa shape index (κ3) is 4.82. The molecule has 0 fully saturated rings. The second-order valence-electron chi connectivity index (χ2n) is 4.65. The monoisotopic (exact) mass is 298 g/mol. The van der Waals surface area contributed by atoms with Crippen LogP contribution in [0.3, 0.4) is 0 Å². The first kappa shape index (κ1) is 17.1. The molecule has 1 atom stereocenters. The van der Waals surface area contributed by atoms with Crippen LogP contribution in [0.5, 0.6) is 0 Å². The summed E-state index contributed by atoms with van der Waals surface area (Å²) in [6.07, 6.45) is 1.26. The molecule has 0 saturated heterocycles. The minimum atomic E-state index is -0.574. The lowest BCUT2D eigenvalue weighted by atomic mass is 10.2. The minimum absolute atomic E-state index is 0.00732. The maximum absolute atomic E-state index is 11.9. The van der Waals surface area contributed by atoms with Crippen molar-refractivity contribution >= 4 is 11.9 Å². The predicted molar refractivity (Wildman–Crippen MR) is 74.8 cm³/mol. The van der Waals surface area contributed by atoms with E-state index in [0.29, 0.717) is 18.7 Å². The van der Waals surface area contributed by atoms with Crippen molar-refractivity contribution in [3.8, 4) is 0 Å². The summed E-state index contributed by atoms with van der Waals surface area (Å²) in [5.74, 6) is -0.751. The summed E-state index contributed by atoms with van der Waals surface area (Å²) in [6, 6.07) is 0.0866. The first-order chi connectivity index (χ1) is 10.0. The van der Waals surface area contributed by atoms with Gasteiger partial charge in [0.15, 0.2) is 5.69 Å². The smallest absolute Gasteiger partial charge is 0.360 e. The van der Waals surface area contributed by atoms with E-state index in [2.05, 4.69) is 20.4 Å². The van der Waals surface area contributed by atoms with Gasteiger partial charge in [-0.05, 0) is 13.3 Å². The van der Waals surface area contributed by atoms with Gasteiger partial charge in [0, 0.05) is 19.6 Å². The van der Waals surface area contributed by atoms with Gasteiger partial charge in [-0.2, -0.15) is 0 Å². The highest BCUT2D eigenvalue weighted by Crippen LogP contribution is 2.08. The summed E-state index contributed by atoms with van der Waals surface area (Å²) in [7, 11) is 2.83. The van der Waals surface area contributed by atoms with E-state index in [4.69, 9.17) is 4.74 Å². The number of amides is 1. The standard InChI is InChI=1S/C13H22N4O4/c1-5-9(2)14-11(18)8-17-10(6-7-20-3)12(15-16-17)13(19)21-4/h9H,5-8H2,1-4H3,(H,14,18). The van der Waals surface area contributed by atoms with Crippen LogP contribution in [-0.2, 0) is 27.2 Å². The van der Waals surface area contributed by atoms with Crippen LogP contribution in [0.25, 0.3) is 0 Å². The number of ether oxygens (including phenoxy) is 2. The van der Waals surface area contributed by atoms with Crippen molar-refractivity contribution in [3.05, 3.63) is 11.4 Å². The first-order valence-electron chi connectivity index (χ1n) is 6.82. The zero-order valence-electron chi connectivity index (χ0n) is 12.9. The molecule has 118 valence electrons. The van der Waals surface area contributed by atoms with Crippen molar-refractivity contribution in [1.29, 1.82) is 0 Å². The molecule has 8 nitrogen and oxygen atoms in total. The third-order valence-electron chi connectivity index (χ3n) is 3.07. The number of hydrogen-bond acceptors (Lipinski definition) is 6. The van der Waals surface area contributed by atoms with Crippen molar-refractivity contribution in [2.24, 2.45) is 0 Å². The molecule has 1 heterocycles. The van der Waals surface area contributed by atoms with Crippen molar-refractivity contribution in [3.63, 3.8) is 0 Å². The molecular weight excluding hydrogens is 276 g/mol. The molecule has 1 rings (SSSR count). The lowest BCUT2D eigenvalue weighted by Crippen LogP contribution is -2.35. The zero-order valence-corrected chi connectivity index (χ0v) is 12.9. The van der Waals surface area contributed by atoms with Gasteiger partial charge in [-0.15, -0.1) is 5.10 Å². The summed E-state index contributed by atoms with van der Waals surface area (Å²) >= 11 is 0. The summed E-state index contributed by atoms with van der Waals surface area (Å²) in [5, 5.41) is 10.5. The van der Waals surface area contributed by atoms with E-state index in [9.17, 15) is 9.59 Å². The summed E-state index contributed by atoms with van der Waals surface area (Å²) < 4.78 is 11.1. The number of carbonyl (C=O) groups excluding carboxylic acids is 2. The van der Waals surface area contributed by atoms with Crippen molar-refractivity contribution in [2.45, 2.75) is 39.3 Å². The molecule has 21 heavy (non-hydrogen) atoms. The van der Waals surface area contributed by atoms with Crippen LogP contribution in [0, 0.1) is 0 Å². The van der Waals surface area contributed by atoms with Gasteiger partial charge >= 0.3 is 5.97 Å². The van der Waals surface area contributed by atoms with Crippen molar-refractivity contribution < 1.29 is 19.1 Å². The van der Waals surface area contributed by atoms with Crippen LogP contribution >= 0.6 is 0 Å². The highest BCUT2D eigenvalue weighted by atomic mass is 16.5. The van der Waals surface area contributed by atoms with Gasteiger partial charge in [-0.1, -0.05) is 12.1 Å². The lowest BCUT2D eigenvalue weighted by molar-refractivity contribution is -0.122. The van der Waals surface area contributed by atoms with Crippen LogP contribution in [0.2, 0.25) is 0 Å². The first-order valence-corrected chi connectivity index (χ1v) is 6.82. The number of methoxy groups -OCH3 is 2. The molecule has 0 spiro atoms. The summed E-state index contributed by atoms with van der Waals surface area (Å²) in [5.41, 5.74) is 0.647. The van der Waals surface area contributed by atoms with Gasteiger partial charge in [0.25, 0.3) is 0 Å². The quantitative estimate of drug-likeness (QED) is 0.687. The number of nitrogens with zero attached hydrogens (tertiary/aromatic N) is 3. The average molecular weight is 298 g/mol. The van der Waals surface area contributed by atoms with Crippen molar-refractivity contribution in [1.82, 2.24) is 20.3 Å². The molecule has 0 bridgehead atoms. The Balaban J connectivity index is 2.87. The Morgan fingerprint density at radius 3 is 2.67 bits per heavy atom. The molecule has 8 heteroatoms. The van der Waals surface area contributed by atoms with Crippen LogP contribution in [0.15, 0.2) is 0 Å². The molecule has 0 aliphatic rings. The zero-order chi connectivity index (χ0) is 15.8. The average Bonchev–Trinajstić information content (AvgIpc) is 2.86. The van der Waals surface area contributed by atoms with E-state index in [1.807, 2.05) is 13.8 Å². The van der Waals surface area contributed by atoms with Gasteiger partial charge < -0.3 is 14.8 Å². The highest BCUT2D eigenvalue weighted by molar-refractivity contribution is 5.88. The molecule has 1 aromatic rings. The Kier molecular flexibility index (Phi) is 6.80. The number of esters is 1. The molecule has 1 amide bonds. The lowest BCUT2D eigenvalue weighted by Gasteiger charge is -2.12. The molecule has 0 saturated carbocycles. The number of nitrogens with one attached hydrogen (secondary N) is 1. The second kappa shape index (κ2) is 8.35. The summed E-state index contributed by atoms with van der Waals surface area (Å²) in [6.45, 7) is 4.31. The Hall–Kier alpha value is -1.96. The van der Waals surface area contributed by atoms with E-state index >= 15 is 0 Å². The molecule has 0 aliphatic carbocycles. The number of carbonyl (C=O) groups is 2. The van der Waals surface area contributed by atoms with Crippen LogP contribution in [0.4, 0.5) is 0 Å². The van der Waals surface area contributed by atoms with Crippen LogP contribution in [0.1, 0.15) is 36.5 Å². The maximum atomic E-state index is 11.9. The molecular formula is C13H22N4O4. The molecule has 0 radical (unpaired) electrons. The molecule has 0 aliphatic heterocycles. The van der Waals surface area contributed by atoms with E-state index in [0.717, 1.165) is 6.42 Å². The van der Waals surface area contributed by atoms with Gasteiger partial charge in [0.1, 0.15) is 6.54 Å². The van der Waals surface area contributed by atoms with Crippen molar-refractivity contribution in [2.75, 3.05) is 20.8 Å². The number of hydrogen-bond donors (Lipinski definition) is 1. The Morgan fingerprint density at radius 2 is 2.10 bits per heavy atom. The van der Waals surface area contributed by atoms with Gasteiger partial charge in [0.05, 0.1) is 19.4 Å². The van der Waals surface area contributed by atoms with Crippen LogP contribution in [-0.4, -0.2) is 53.7 Å². The number of aromatic nitrogens is 3. The van der Waals surface area contributed by atoms with E-state index in [-0.39, 0.29) is 24.2 Å². The molecule has 1 N–H and O–H groups in total. The SMILES string of the molecule is CCC(C)NC(=O)Cn1nnc(C(=O)OC)c1CCOC. The van der Waals surface area contributed by atoms with E-state index in [1.54, 1.807) is 7.11 Å². The van der Waals surface area contributed by atoms with Crippen LogP contribution < -0.4 is 5.32 Å². The maximum Gasteiger partial charge on any atom is 0.360 e. The highest BCUT2D eigenvalue weighted by Gasteiger charge is 2.21. The molecule has 1 unspecified atom stereocenters. The fraction of sp³-hybridized carbons (Fsp3) is 0.692. The van der Waals surface area contributed by atoms with Gasteiger partial charge in [-0.3, -0.25) is 4.79 Å². The van der Waals surface area contributed by atoms with Gasteiger partial charge in [-0.25, -0.2) is 9.48 Å². The predicted octanol–water partition coefficient (Wildman–Crippen LogP) is 0.168. The molecule has 1 aromatic heterocycles. The Morgan fingerprint density at radius 1 is 1.38 bits per heavy atom. The van der Waals surface area contributed by atoms with E-state index < -0.39 is 5.97 Å². The van der Waals surface area contributed by atoms with E-state index in [1.165, 1.54) is 11.8 Å². The Bertz CT molecular complexity index is 487. The number of rotatable bonds is 8. The topological polar surface area (TPSA) is 95.3 Å². The summed E-state index contributed by atoms with van der Waals surface area (Å²) in [4.78, 5) is 23.6. The minimum Gasteiger partial charge on any atom is -0.464 e. The fourth-order valence-electron chi connectivity index (χ4n) is 1.72. The molecule has 0 aromatic carbocycles. The van der Waals surface area contributed by atoms with Gasteiger partial charge in [0.2, 0.25) is 5.91 Å². The second-order valence-corrected chi connectivity index (χ2v) is 4.65. The fourth-order valence-corrected chi connectivity index (χ4v) is 1.72.